The second kappa shape index (κ2) is 6.29. The van der Waals surface area contributed by atoms with E-state index in [9.17, 15) is 4.79 Å². The van der Waals surface area contributed by atoms with Gasteiger partial charge in [-0.15, -0.1) is 0 Å². The summed E-state index contributed by atoms with van der Waals surface area (Å²) in [4.78, 5) is 14.2. The minimum absolute atomic E-state index is 0.0725. The van der Waals surface area contributed by atoms with Crippen molar-refractivity contribution in [2.24, 2.45) is 5.73 Å². The number of likely N-dealkylation sites (tertiary alicyclic amines) is 1. The summed E-state index contributed by atoms with van der Waals surface area (Å²) in [5.41, 5.74) is 7.67. The van der Waals surface area contributed by atoms with E-state index in [4.69, 9.17) is 15.0 Å². The van der Waals surface area contributed by atoms with E-state index in [2.05, 4.69) is 5.16 Å². The zero-order valence-electron chi connectivity index (χ0n) is 12.4. The van der Waals surface area contributed by atoms with Crippen LogP contribution in [-0.4, -0.2) is 42.2 Å². The lowest BCUT2D eigenvalue weighted by atomic mass is 9.95. The Bertz CT molecular complexity index is 641. The van der Waals surface area contributed by atoms with Crippen molar-refractivity contribution in [1.82, 2.24) is 10.1 Å². The van der Waals surface area contributed by atoms with Crippen molar-refractivity contribution >= 4 is 5.91 Å². The minimum atomic E-state index is -0.153. The number of amides is 1. The molecule has 1 fully saturated rings. The summed E-state index contributed by atoms with van der Waals surface area (Å²) in [6.45, 7) is 1.41. The first-order valence-corrected chi connectivity index (χ1v) is 7.23. The quantitative estimate of drug-likeness (QED) is 0.923. The van der Waals surface area contributed by atoms with Crippen molar-refractivity contribution in [3.63, 3.8) is 0 Å². The predicted octanol–water partition coefficient (Wildman–Crippen LogP) is 1.39. The first kappa shape index (κ1) is 14.7. The van der Waals surface area contributed by atoms with Gasteiger partial charge in [0.05, 0.1) is 0 Å². The molecule has 1 aliphatic heterocycles. The summed E-state index contributed by atoms with van der Waals surface area (Å²) in [7, 11) is 1.56. The monoisotopic (exact) mass is 301 g/mol. The molecule has 0 saturated carbocycles. The van der Waals surface area contributed by atoms with Crippen LogP contribution >= 0.6 is 0 Å². The van der Waals surface area contributed by atoms with Gasteiger partial charge >= 0.3 is 0 Å². The number of rotatable bonds is 4. The highest BCUT2D eigenvalue weighted by Gasteiger charge is 2.35. The molecule has 2 N–H and O–H groups in total. The fourth-order valence-corrected chi connectivity index (χ4v) is 2.83. The lowest BCUT2D eigenvalue weighted by Gasteiger charge is -2.15. The molecule has 0 radical (unpaired) electrons. The van der Waals surface area contributed by atoms with Crippen LogP contribution < -0.4 is 5.73 Å². The van der Waals surface area contributed by atoms with E-state index in [1.807, 2.05) is 30.3 Å². The summed E-state index contributed by atoms with van der Waals surface area (Å²) in [6.07, 6.45) is 0. The highest BCUT2D eigenvalue weighted by atomic mass is 16.5. The smallest absolute Gasteiger partial charge is 0.276 e. The van der Waals surface area contributed by atoms with Crippen LogP contribution in [0.2, 0.25) is 0 Å². The summed E-state index contributed by atoms with van der Waals surface area (Å²) >= 11 is 0. The molecule has 2 heterocycles. The Hall–Kier alpha value is -2.18. The Morgan fingerprint density at radius 1 is 1.41 bits per heavy atom. The number of ether oxygens (including phenoxy) is 1. The second-order valence-corrected chi connectivity index (χ2v) is 5.50. The fraction of sp³-hybridized carbons (Fsp3) is 0.375. The lowest BCUT2D eigenvalue weighted by Crippen LogP contribution is -2.32. The molecule has 1 aromatic carbocycles. The Morgan fingerprint density at radius 2 is 2.18 bits per heavy atom. The maximum Gasteiger partial charge on any atom is 0.276 e. The highest BCUT2D eigenvalue weighted by Crippen LogP contribution is 2.27. The predicted molar refractivity (Wildman–Crippen MR) is 80.3 cm³/mol. The molecule has 116 valence electrons. The van der Waals surface area contributed by atoms with Gasteiger partial charge in [-0.3, -0.25) is 4.79 Å². The third-order valence-corrected chi connectivity index (χ3v) is 3.94. The zero-order chi connectivity index (χ0) is 15.5. The summed E-state index contributed by atoms with van der Waals surface area (Å²) in [6, 6.07) is 11.6. The maximum absolute atomic E-state index is 12.5. The molecule has 1 aliphatic rings. The number of benzene rings is 1. The van der Waals surface area contributed by atoms with Gasteiger partial charge in [-0.25, -0.2) is 0 Å². The number of hydrogen-bond acceptors (Lipinski definition) is 5. The van der Waals surface area contributed by atoms with Gasteiger partial charge in [0.15, 0.2) is 11.5 Å². The third-order valence-electron chi connectivity index (χ3n) is 3.94. The van der Waals surface area contributed by atoms with Crippen LogP contribution in [0.4, 0.5) is 0 Å². The molecule has 6 heteroatoms. The Balaban J connectivity index is 1.72. The van der Waals surface area contributed by atoms with Crippen molar-refractivity contribution in [3.8, 4) is 0 Å². The van der Waals surface area contributed by atoms with Gasteiger partial charge in [0, 0.05) is 38.2 Å². The Labute approximate surface area is 128 Å². The highest BCUT2D eigenvalue weighted by molar-refractivity contribution is 5.92. The van der Waals surface area contributed by atoms with E-state index in [-0.39, 0.29) is 17.9 Å². The van der Waals surface area contributed by atoms with E-state index in [1.54, 1.807) is 18.1 Å². The summed E-state index contributed by atoms with van der Waals surface area (Å²) in [5.74, 6) is 0.532. The number of aromatic nitrogens is 1. The largest absolute Gasteiger partial charge is 0.377 e. The van der Waals surface area contributed by atoms with Gasteiger partial charge in [0.2, 0.25) is 0 Å². The van der Waals surface area contributed by atoms with Crippen LogP contribution in [0.3, 0.4) is 0 Å². The molecule has 0 aliphatic carbocycles. The molecular weight excluding hydrogens is 282 g/mol. The van der Waals surface area contributed by atoms with Gasteiger partial charge in [-0.1, -0.05) is 35.5 Å². The standard InChI is InChI=1S/C16H19N3O3/c1-21-10-12-7-15(18-22-12)16(20)19-8-13(14(17)9-19)11-5-3-2-4-6-11/h2-7,13-14H,8-10,17H2,1H3/t13-,14+/m0/s1. The minimum Gasteiger partial charge on any atom is -0.377 e. The molecule has 1 amide bonds. The van der Waals surface area contributed by atoms with Crippen LogP contribution in [0.25, 0.3) is 0 Å². The molecule has 2 atom stereocenters. The molecule has 22 heavy (non-hydrogen) atoms. The topological polar surface area (TPSA) is 81.6 Å². The molecule has 1 saturated heterocycles. The second-order valence-electron chi connectivity index (χ2n) is 5.50. The van der Waals surface area contributed by atoms with Crippen molar-refractivity contribution in [3.05, 3.63) is 53.4 Å². The molecule has 1 aromatic heterocycles. The van der Waals surface area contributed by atoms with Gasteiger partial charge < -0.3 is 19.9 Å². The molecule has 2 aromatic rings. The van der Waals surface area contributed by atoms with Crippen LogP contribution in [0, 0.1) is 0 Å². The number of nitrogens with two attached hydrogens (primary N) is 1. The Kier molecular flexibility index (Phi) is 4.22. The number of hydrogen-bond donors (Lipinski definition) is 1. The van der Waals surface area contributed by atoms with Gasteiger partial charge in [-0.05, 0) is 5.56 Å². The Morgan fingerprint density at radius 3 is 2.91 bits per heavy atom. The summed E-state index contributed by atoms with van der Waals surface area (Å²) < 4.78 is 10.0. The van der Waals surface area contributed by atoms with Crippen molar-refractivity contribution in [2.75, 3.05) is 20.2 Å². The first-order chi connectivity index (χ1) is 10.7. The number of nitrogens with zero attached hydrogens (tertiary/aromatic N) is 2. The van der Waals surface area contributed by atoms with E-state index in [1.165, 1.54) is 0 Å². The molecule has 0 spiro atoms. The van der Waals surface area contributed by atoms with Crippen LogP contribution in [0.15, 0.2) is 40.9 Å². The number of methoxy groups -OCH3 is 1. The van der Waals surface area contributed by atoms with Gasteiger partial charge in [0.1, 0.15) is 6.61 Å². The molecule has 0 unspecified atom stereocenters. The van der Waals surface area contributed by atoms with E-state index < -0.39 is 0 Å². The number of carbonyl (C=O) groups is 1. The zero-order valence-corrected chi connectivity index (χ0v) is 12.4. The SMILES string of the molecule is COCc1cc(C(=O)N2C[C@@H](N)[C@H](c3ccccc3)C2)no1. The molecule has 3 rings (SSSR count). The van der Waals surface area contributed by atoms with E-state index in [0.29, 0.717) is 31.2 Å². The molecule has 6 nitrogen and oxygen atoms in total. The van der Waals surface area contributed by atoms with Crippen molar-refractivity contribution in [2.45, 2.75) is 18.6 Å². The normalized spacial score (nSPS) is 21.3. The van der Waals surface area contributed by atoms with Gasteiger partial charge in [0.25, 0.3) is 5.91 Å². The van der Waals surface area contributed by atoms with Crippen LogP contribution in [0.5, 0.6) is 0 Å². The number of carbonyl (C=O) groups excluding carboxylic acids is 1. The van der Waals surface area contributed by atoms with E-state index in [0.717, 1.165) is 5.56 Å². The summed E-state index contributed by atoms with van der Waals surface area (Å²) in [5, 5.41) is 3.82. The van der Waals surface area contributed by atoms with Crippen molar-refractivity contribution in [1.29, 1.82) is 0 Å². The van der Waals surface area contributed by atoms with E-state index >= 15 is 0 Å². The molecular formula is C16H19N3O3. The van der Waals surface area contributed by atoms with Gasteiger partial charge in [-0.2, -0.15) is 0 Å². The average Bonchev–Trinajstić information content (AvgIpc) is 3.15. The fourth-order valence-electron chi connectivity index (χ4n) is 2.83. The van der Waals surface area contributed by atoms with Crippen molar-refractivity contribution < 1.29 is 14.1 Å². The third kappa shape index (κ3) is 2.88. The lowest BCUT2D eigenvalue weighted by molar-refractivity contribution is 0.0778. The van der Waals surface area contributed by atoms with Crippen LogP contribution in [0.1, 0.15) is 27.7 Å². The van der Waals surface area contributed by atoms with Crippen LogP contribution in [-0.2, 0) is 11.3 Å². The average molecular weight is 301 g/mol. The first-order valence-electron chi connectivity index (χ1n) is 7.23. The molecule has 0 bridgehead atoms. The maximum atomic E-state index is 12.5.